The standard InChI is InChI=1S/C12H20N6O2S/c1-8(2)18-7-10(5-14-18)17-21(19,20)12-11(6-13-4)9(3)15-16-12/h5,7-8,13,17H,6H2,1-4H3,(H,15,16). The summed E-state index contributed by atoms with van der Waals surface area (Å²) in [5.41, 5.74) is 1.77. The highest BCUT2D eigenvalue weighted by Crippen LogP contribution is 2.20. The first-order chi connectivity index (χ1) is 9.85. The third-order valence-electron chi connectivity index (χ3n) is 3.03. The molecule has 9 heteroatoms. The van der Waals surface area contributed by atoms with Crippen molar-refractivity contribution in [2.75, 3.05) is 11.8 Å². The highest BCUT2D eigenvalue weighted by molar-refractivity contribution is 7.92. The minimum Gasteiger partial charge on any atom is -0.316 e. The Morgan fingerprint density at radius 1 is 1.43 bits per heavy atom. The van der Waals surface area contributed by atoms with Gasteiger partial charge >= 0.3 is 0 Å². The molecule has 2 aromatic rings. The van der Waals surface area contributed by atoms with Gasteiger partial charge in [0.25, 0.3) is 10.0 Å². The summed E-state index contributed by atoms with van der Waals surface area (Å²) < 4.78 is 29.0. The number of nitrogens with one attached hydrogen (secondary N) is 3. The molecule has 0 saturated heterocycles. The number of hydrogen-bond donors (Lipinski definition) is 3. The van der Waals surface area contributed by atoms with Crippen LogP contribution in [0.5, 0.6) is 0 Å². The fraction of sp³-hybridized carbons (Fsp3) is 0.500. The van der Waals surface area contributed by atoms with Crippen molar-refractivity contribution in [3.8, 4) is 0 Å². The Hall–Kier alpha value is -1.87. The lowest BCUT2D eigenvalue weighted by Crippen LogP contribution is -2.17. The molecular formula is C12H20N6O2S. The first-order valence-corrected chi connectivity index (χ1v) is 8.09. The minimum absolute atomic E-state index is 0.00615. The van der Waals surface area contributed by atoms with Gasteiger partial charge in [-0.25, -0.2) is 0 Å². The van der Waals surface area contributed by atoms with Gasteiger partial charge in [-0.2, -0.15) is 18.6 Å². The number of nitrogens with zero attached hydrogens (tertiary/aromatic N) is 3. The quantitative estimate of drug-likeness (QED) is 0.738. The smallest absolute Gasteiger partial charge is 0.281 e. The number of sulfonamides is 1. The summed E-state index contributed by atoms with van der Waals surface area (Å²) in [7, 11) is -1.99. The van der Waals surface area contributed by atoms with Crippen LogP contribution >= 0.6 is 0 Å². The third kappa shape index (κ3) is 3.24. The van der Waals surface area contributed by atoms with Crippen molar-refractivity contribution in [1.29, 1.82) is 0 Å². The average molecular weight is 312 g/mol. The third-order valence-corrected chi connectivity index (χ3v) is 4.38. The van der Waals surface area contributed by atoms with Crippen LogP contribution < -0.4 is 10.0 Å². The molecule has 0 radical (unpaired) electrons. The summed E-state index contributed by atoms with van der Waals surface area (Å²) in [6.07, 6.45) is 3.13. The highest BCUT2D eigenvalue weighted by atomic mass is 32.2. The molecule has 2 rings (SSSR count). The van der Waals surface area contributed by atoms with E-state index >= 15 is 0 Å². The van der Waals surface area contributed by atoms with Crippen molar-refractivity contribution >= 4 is 15.7 Å². The average Bonchev–Trinajstić information content (AvgIpc) is 2.98. The predicted octanol–water partition coefficient (Wildman–Crippen LogP) is 1.02. The van der Waals surface area contributed by atoms with Crippen LogP contribution in [-0.4, -0.2) is 35.4 Å². The summed E-state index contributed by atoms with van der Waals surface area (Å²) in [6.45, 7) is 6.14. The van der Waals surface area contributed by atoms with E-state index in [2.05, 4.69) is 25.3 Å². The van der Waals surface area contributed by atoms with Gasteiger partial charge in [-0.15, -0.1) is 0 Å². The van der Waals surface area contributed by atoms with Crippen LogP contribution in [0.3, 0.4) is 0 Å². The van der Waals surface area contributed by atoms with Gasteiger partial charge in [0.05, 0.1) is 11.9 Å². The summed E-state index contributed by atoms with van der Waals surface area (Å²) in [5.74, 6) is 0. The van der Waals surface area contributed by atoms with E-state index in [0.717, 1.165) is 5.69 Å². The van der Waals surface area contributed by atoms with Crippen LogP contribution in [0.25, 0.3) is 0 Å². The summed E-state index contributed by atoms with van der Waals surface area (Å²) in [6, 6.07) is 0.163. The minimum atomic E-state index is -3.74. The number of aromatic nitrogens is 4. The Balaban J connectivity index is 2.29. The lowest BCUT2D eigenvalue weighted by atomic mass is 10.3. The van der Waals surface area contributed by atoms with Crippen molar-refractivity contribution in [3.05, 3.63) is 23.7 Å². The lowest BCUT2D eigenvalue weighted by molar-refractivity contribution is 0.532. The van der Waals surface area contributed by atoms with Crippen molar-refractivity contribution in [2.45, 2.75) is 38.4 Å². The van der Waals surface area contributed by atoms with Crippen molar-refractivity contribution in [1.82, 2.24) is 25.3 Å². The molecular weight excluding hydrogens is 292 g/mol. The molecule has 0 saturated carbocycles. The van der Waals surface area contributed by atoms with Crippen molar-refractivity contribution in [2.24, 2.45) is 0 Å². The van der Waals surface area contributed by atoms with Crippen molar-refractivity contribution in [3.63, 3.8) is 0 Å². The molecule has 116 valence electrons. The first kappa shape index (κ1) is 15.5. The van der Waals surface area contributed by atoms with E-state index in [4.69, 9.17) is 0 Å². The van der Waals surface area contributed by atoms with E-state index in [1.165, 1.54) is 6.20 Å². The van der Waals surface area contributed by atoms with Crippen LogP contribution in [0, 0.1) is 6.92 Å². The number of aryl methyl sites for hydroxylation is 1. The predicted molar refractivity (Wildman–Crippen MR) is 79.5 cm³/mol. The Bertz CT molecular complexity index is 716. The fourth-order valence-electron chi connectivity index (χ4n) is 1.91. The molecule has 2 heterocycles. The van der Waals surface area contributed by atoms with Gasteiger partial charge < -0.3 is 5.32 Å². The lowest BCUT2D eigenvalue weighted by Gasteiger charge is -2.06. The highest BCUT2D eigenvalue weighted by Gasteiger charge is 2.24. The zero-order chi connectivity index (χ0) is 15.6. The van der Waals surface area contributed by atoms with Crippen LogP contribution in [0.1, 0.15) is 31.1 Å². The van der Waals surface area contributed by atoms with Gasteiger partial charge in [0, 0.05) is 30.0 Å². The Kier molecular flexibility index (Phi) is 4.33. The Morgan fingerprint density at radius 3 is 2.71 bits per heavy atom. The molecule has 0 aliphatic heterocycles. The number of anilines is 1. The van der Waals surface area contributed by atoms with E-state index in [1.807, 2.05) is 13.8 Å². The van der Waals surface area contributed by atoms with Crippen LogP contribution in [-0.2, 0) is 16.6 Å². The summed E-state index contributed by atoms with van der Waals surface area (Å²) in [5, 5.41) is 13.7. The molecule has 3 N–H and O–H groups in total. The van der Waals surface area contributed by atoms with Gasteiger partial charge in [0.2, 0.25) is 5.03 Å². The monoisotopic (exact) mass is 312 g/mol. The van der Waals surface area contributed by atoms with E-state index in [1.54, 1.807) is 24.9 Å². The molecule has 0 aliphatic rings. The Labute approximate surface area is 124 Å². The molecule has 0 spiro atoms. The maximum absolute atomic E-state index is 12.4. The second kappa shape index (κ2) is 5.86. The first-order valence-electron chi connectivity index (χ1n) is 6.60. The molecule has 0 aliphatic carbocycles. The molecule has 0 amide bonds. The molecule has 2 aromatic heterocycles. The number of rotatable bonds is 6. The largest absolute Gasteiger partial charge is 0.316 e. The van der Waals surface area contributed by atoms with Crippen LogP contribution in [0.15, 0.2) is 17.4 Å². The van der Waals surface area contributed by atoms with Gasteiger partial charge in [-0.05, 0) is 27.8 Å². The van der Waals surface area contributed by atoms with Gasteiger partial charge in [0.15, 0.2) is 0 Å². The van der Waals surface area contributed by atoms with E-state index < -0.39 is 10.0 Å². The number of hydrogen-bond acceptors (Lipinski definition) is 5. The summed E-state index contributed by atoms with van der Waals surface area (Å²) in [4.78, 5) is 0. The normalized spacial score (nSPS) is 12.0. The molecule has 0 fully saturated rings. The zero-order valence-electron chi connectivity index (χ0n) is 12.5. The number of aromatic amines is 1. The van der Waals surface area contributed by atoms with E-state index in [0.29, 0.717) is 17.8 Å². The van der Waals surface area contributed by atoms with Crippen LogP contribution in [0.2, 0.25) is 0 Å². The second-order valence-electron chi connectivity index (χ2n) is 5.07. The fourth-order valence-corrected chi connectivity index (χ4v) is 3.14. The number of H-pyrrole nitrogens is 1. The molecule has 21 heavy (non-hydrogen) atoms. The summed E-state index contributed by atoms with van der Waals surface area (Å²) >= 11 is 0. The van der Waals surface area contributed by atoms with Gasteiger partial charge in [0.1, 0.15) is 0 Å². The molecule has 8 nitrogen and oxygen atoms in total. The molecule has 0 bridgehead atoms. The van der Waals surface area contributed by atoms with Gasteiger partial charge in [-0.3, -0.25) is 14.5 Å². The van der Waals surface area contributed by atoms with E-state index in [-0.39, 0.29) is 11.1 Å². The maximum atomic E-state index is 12.4. The topological polar surface area (TPSA) is 105 Å². The SMILES string of the molecule is CNCc1c(S(=O)(=O)Nc2cnn(C(C)C)c2)n[nH]c1C. The zero-order valence-corrected chi connectivity index (χ0v) is 13.3. The van der Waals surface area contributed by atoms with E-state index in [9.17, 15) is 8.42 Å². The second-order valence-corrected chi connectivity index (χ2v) is 6.67. The van der Waals surface area contributed by atoms with Crippen molar-refractivity contribution < 1.29 is 8.42 Å². The molecule has 0 unspecified atom stereocenters. The maximum Gasteiger partial charge on any atom is 0.281 e. The van der Waals surface area contributed by atoms with Gasteiger partial charge in [-0.1, -0.05) is 0 Å². The van der Waals surface area contributed by atoms with Crippen LogP contribution in [0.4, 0.5) is 5.69 Å². The molecule has 0 aromatic carbocycles. The Morgan fingerprint density at radius 2 is 2.14 bits per heavy atom. The molecule has 0 atom stereocenters.